The Labute approximate surface area is 129 Å². The van der Waals surface area contributed by atoms with E-state index >= 15 is 0 Å². The van der Waals surface area contributed by atoms with Gasteiger partial charge >= 0.3 is 0 Å². The smallest absolute Gasteiger partial charge is 0.243 e. The molecule has 0 spiro atoms. The van der Waals surface area contributed by atoms with Crippen molar-refractivity contribution in [3.8, 4) is 0 Å². The third-order valence-electron chi connectivity index (χ3n) is 3.04. The number of ether oxygens (including phenoxy) is 1. The summed E-state index contributed by atoms with van der Waals surface area (Å²) in [5.41, 5.74) is 7.07. The van der Waals surface area contributed by atoms with Crippen molar-refractivity contribution in [3.05, 3.63) is 27.7 Å². The SMILES string of the molecule is CCOCCN(C)S(=O)(=O)c1cc(CN)cc(Br)c1C. The number of nitrogens with zero attached hydrogens (tertiary/aromatic N) is 1. The fourth-order valence-corrected chi connectivity index (χ4v) is 3.81. The van der Waals surface area contributed by atoms with E-state index in [1.807, 2.05) is 13.0 Å². The van der Waals surface area contributed by atoms with Crippen molar-refractivity contribution in [1.82, 2.24) is 4.31 Å². The Kier molecular flexibility index (Phi) is 6.60. The molecule has 0 atom stereocenters. The summed E-state index contributed by atoms with van der Waals surface area (Å²) in [6, 6.07) is 3.47. The lowest BCUT2D eigenvalue weighted by molar-refractivity contribution is 0.138. The Hall–Kier alpha value is -0.470. The van der Waals surface area contributed by atoms with Gasteiger partial charge in [-0.2, -0.15) is 4.31 Å². The van der Waals surface area contributed by atoms with Crippen LogP contribution in [0.3, 0.4) is 0 Å². The first-order valence-corrected chi connectivity index (χ1v) is 8.61. The van der Waals surface area contributed by atoms with Crippen LogP contribution < -0.4 is 5.73 Å². The summed E-state index contributed by atoms with van der Waals surface area (Å²) in [5.74, 6) is 0. The molecule has 1 aromatic carbocycles. The van der Waals surface area contributed by atoms with Crippen molar-refractivity contribution in [1.29, 1.82) is 0 Å². The molecule has 1 aromatic rings. The van der Waals surface area contributed by atoms with Gasteiger partial charge in [0.2, 0.25) is 10.0 Å². The Bertz CT molecular complexity index is 561. The fraction of sp³-hybridized carbons (Fsp3) is 0.538. The maximum atomic E-state index is 12.6. The predicted octanol–water partition coefficient (Wildman–Crippen LogP) is 1.87. The minimum Gasteiger partial charge on any atom is -0.380 e. The summed E-state index contributed by atoms with van der Waals surface area (Å²) in [6.45, 7) is 5.21. The monoisotopic (exact) mass is 364 g/mol. The maximum Gasteiger partial charge on any atom is 0.243 e. The van der Waals surface area contributed by atoms with E-state index in [0.717, 1.165) is 10.0 Å². The van der Waals surface area contributed by atoms with Crippen LogP contribution in [0.15, 0.2) is 21.5 Å². The van der Waals surface area contributed by atoms with Gasteiger partial charge in [-0.15, -0.1) is 0 Å². The van der Waals surface area contributed by atoms with Crippen molar-refractivity contribution in [2.24, 2.45) is 5.73 Å². The number of likely N-dealkylation sites (N-methyl/N-ethyl adjacent to an activating group) is 1. The quantitative estimate of drug-likeness (QED) is 0.749. The van der Waals surface area contributed by atoms with Crippen LogP contribution in [0.5, 0.6) is 0 Å². The lowest BCUT2D eigenvalue weighted by atomic mass is 10.1. The van der Waals surface area contributed by atoms with Crippen LogP contribution in [0, 0.1) is 6.92 Å². The zero-order valence-electron chi connectivity index (χ0n) is 12.0. The van der Waals surface area contributed by atoms with Crippen molar-refractivity contribution in [2.45, 2.75) is 25.3 Å². The van der Waals surface area contributed by atoms with Crippen molar-refractivity contribution in [2.75, 3.05) is 26.8 Å². The molecule has 0 radical (unpaired) electrons. The number of halogens is 1. The van der Waals surface area contributed by atoms with E-state index in [1.165, 1.54) is 4.31 Å². The molecule has 0 heterocycles. The molecule has 0 fully saturated rings. The van der Waals surface area contributed by atoms with Gasteiger partial charge in [-0.25, -0.2) is 8.42 Å². The van der Waals surface area contributed by atoms with Gasteiger partial charge < -0.3 is 10.5 Å². The molecule has 7 heteroatoms. The normalized spacial score (nSPS) is 12.1. The van der Waals surface area contributed by atoms with E-state index < -0.39 is 10.0 Å². The van der Waals surface area contributed by atoms with E-state index in [2.05, 4.69) is 15.9 Å². The Morgan fingerprint density at radius 2 is 2.05 bits per heavy atom. The third-order valence-corrected chi connectivity index (χ3v) is 5.84. The lowest BCUT2D eigenvalue weighted by Gasteiger charge is -2.19. The fourth-order valence-electron chi connectivity index (χ4n) is 1.72. The average Bonchev–Trinajstić information content (AvgIpc) is 2.41. The van der Waals surface area contributed by atoms with Crippen LogP contribution in [-0.4, -0.2) is 39.5 Å². The van der Waals surface area contributed by atoms with Gasteiger partial charge in [0.1, 0.15) is 0 Å². The van der Waals surface area contributed by atoms with Gasteiger partial charge in [0.05, 0.1) is 11.5 Å². The molecule has 0 saturated heterocycles. The standard InChI is InChI=1S/C13H21BrN2O3S/c1-4-19-6-5-16(3)20(17,18)13-8-11(9-15)7-12(14)10(13)2/h7-8H,4-6,9,15H2,1-3H3. The molecular formula is C13H21BrN2O3S. The molecule has 0 amide bonds. The number of nitrogens with two attached hydrogens (primary N) is 1. The Morgan fingerprint density at radius 3 is 2.60 bits per heavy atom. The van der Waals surface area contributed by atoms with E-state index in [1.54, 1.807) is 20.0 Å². The first-order valence-electron chi connectivity index (χ1n) is 6.37. The van der Waals surface area contributed by atoms with Crippen LogP contribution in [0.2, 0.25) is 0 Å². The maximum absolute atomic E-state index is 12.6. The summed E-state index contributed by atoms with van der Waals surface area (Å²) in [6.07, 6.45) is 0. The highest BCUT2D eigenvalue weighted by Gasteiger charge is 2.24. The van der Waals surface area contributed by atoms with E-state index in [-0.39, 0.29) is 4.90 Å². The minimum atomic E-state index is -3.54. The largest absolute Gasteiger partial charge is 0.380 e. The molecular weight excluding hydrogens is 344 g/mol. The number of rotatable bonds is 7. The van der Waals surface area contributed by atoms with Crippen LogP contribution >= 0.6 is 15.9 Å². The summed E-state index contributed by atoms with van der Waals surface area (Å²) in [5, 5.41) is 0. The van der Waals surface area contributed by atoms with Gasteiger partial charge in [-0.3, -0.25) is 0 Å². The van der Waals surface area contributed by atoms with Gasteiger partial charge in [-0.05, 0) is 37.1 Å². The predicted molar refractivity (Wildman–Crippen MR) is 83.1 cm³/mol. The molecule has 0 aromatic heterocycles. The van der Waals surface area contributed by atoms with Crippen molar-refractivity contribution in [3.63, 3.8) is 0 Å². The van der Waals surface area contributed by atoms with E-state index in [9.17, 15) is 8.42 Å². The van der Waals surface area contributed by atoms with Crippen LogP contribution in [0.4, 0.5) is 0 Å². The Morgan fingerprint density at radius 1 is 1.40 bits per heavy atom. The highest BCUT2D eigenvalue weighted by molar-refractivity contribution is 9.10. The molecule has 0 aliphatic rings. The molecule has 5 nitrogen and oxygen atoms in total. The zero-order chi connectivity index (χ0) is 15.3. The third kappa shape index (κ3) is 4.02. The first kappa shape index (κ1) is 17.6. The highest BCUT2D eigenvalue weighted by atomic mass is 79.9. The van der Waals surface area contributed by atoms with Crippen LogP contribution in [0.1, 0.15) is 18.1 Å². The number of hydrogen-bond acceptors (Lipinski definition) is 4. The summed E-state index contributed by atoms with van der Waals surface area (Å²) < 4.78 is 32.4. The number of sulfonamides is 1. The van der Waals surface area contributed by atoms with Crippen molar-refractivity contribution < 1.29 is 13.2 Å². The van der Waals surface area contributed by atoms with Crippen LogP contribution in [0.25, 0.3) is 0 Å². The second-order valence-corrected chi connectivity index (χ2v) is 7.30. The molecule has 1 rings (SSSR count). The topological polar surface area (TPSA) is 72.6 Å². The van der Waals surface area contributed by atoms with Gasteiger partial charge in [0.25, 0.3) is 0 Å². The summed E-state index contributed by atoms with van der Waals surface area (Å²) in [4.78, 5) is 0.284. The molecule has 0 bridgehead atoms. The highest BCUT2D eigenvalue weighted by Crippen LogP contribution is 2.27. The Balaban J connectivity index is 3.11. The summed E-state index contributed by atoms with van der Waals surface area (Å²) in [7, 11) is -1.99. The van der Waals surface area contributed by atoms with Crippen molar-refractivity contribution >= 4 is 26.0 Å². The summed E-state index contributed by atoms with van der Waals surface area (Å²) >= 11 is 3.38. The minimum absolute atomic E-state index is 0.284. The van der Waals surface area contributed by atoms with Gasteiger partial charge in [0.15, 0.2) is 0 Å². The first-order chi connectivity index (χ1) is 9.34. The molecule has 0 saturated carbocycles. The average molecular weight is 365 g/mol. The zero-order valence-corrected chi connectivity index (χ0v) is 14.4. The molecule has 2 N–H and O–H groups in total. The van der Waals surface area contributed by atoms with Crippen LogP contribution in [-0.2, 0) is 21.3 Å². The molecule has 0 unspecified atom stereocenters. The number of benzene rings is 1. The van der Waals surface area contributed by atoms with E-state index in [0.29, 0.717) is 31.9 Å². The molecule has 20 heavy (non-hydrogen) atoms. The van der Waals surface area contributed by atoms with Gasteiger partial charge in [0, 0.05) is 31.2 Å². The molecule has 114 valence electrons. The molecule has 0 aliphatic heterocycles. The van der Waals surface area contributed by atoms with E-state index in [4.69, 9.17) is 10.5 Å². The second kappa shape index (κ2) is 7.51. The van der Waals surface area contributed by atoms with Gasteiger partial charge in [-0.1, -0.05) is 15.9 Å². The number of hydrogen-bond donors (Lipinski definition) is 1. The second-order valence-electron chi connectivity index (χ2n) is 4.43. The lowest BCUT2D eigenvalue weighted by Crippen LogP contribution is -2.31. The molecule has 0 aliphatic carbocycles.